The average molecular weight is 315 g/mol. The predicted octanol–water partition coefficient (Wildman–Crippen LogP) is 2.68. The van der Waals surface area contributed by atoms with Crippen molar-refractivity contribution in [2.75, 3.05) is 0 Å². The maximum Gasteiger partial charge on any atom is 0.339 e. The second-order valence-electron chi connectivity index (χ2n) is 6.14. The number of carbonyl (C=O) groups is 2. The second kappa shape index (κ2) is 5.76. The van der Waals surface area contributed by atoms with E-state index in [0.717, 1.165) is 24.2 Å². The zero-order valence-electron chi connectivity index (χ0n) is 13.9. The SMILES string of the molecule is CCC(=O)[C@@H](C)OC(=O)c1cc(C2CC2)nc2c1c(C)nn2C. The van der Waals surface area contributed by atoms with Gasteiger partial charge < -0.3 is 4.74 Å². The molecule has 6 nitrogen and oxygen atoms in total. The van der Waals surface area contributed by atoms with Crippen LogP contribution in [-0.4, -0.2) is 32.6 Å². The monoisotopic (exact) mass is 315 g/mol. The van der Waals surface area contributed by atoms with Crippen LogP contribution in [0.1, 0.15) is 60.8 Å². The smallest absolute Gasteiger partial charge is 0.339 e. The molecule has 2 aromatic heterocycles. The zero-order valence-corrected chi connectivity index (χ0v) is 13.9. The maximum atomic E-state index is 12.6. The molecule has 0 saturated heterocycles. The van der Waals surface area contributed by atoms with E-state index < -0.39 is 12.1 Å². The van der Waals surface area contributed by atoms with Crippen molar-refractivity contribution in [1.82, 2.24) is 14.8 Å². The lowest BCUT2D eigenvalue weighted by atomic mass is 10.1. The molecule has 0 N–H and O–H groups in total. The molecular weight excluding hydrogens is 294 g/mol. The third-order valence-corrected chi connectivity index (χ3v) is 4.29. The predicted molar refractivity (Wildman–Crippen MR) is 85.4 cm³/mol. The molecule has 0 aromatic carbocycles. The molecule has 0 aliphatic heterocycles. The van der Waals surface area contributed by atoms with E-state index in [4.69, 9.17) is 4.74 Å². The van der Waals surface area contributed by atoms with E-state index in [1.54, 1.807) is 24.6 Å². The Balaban J connectivity index is 2.04. The molecule has 0 radical (unpaired) electrons. The van der Waals surface area contributed by atoms with Crippen LogP contribution >= 0.6 is 0 Å². The van der Waals surface area contributed by atoms with E-state index in [1.165, 1.54) is 0 Å². The Morgan fingerprint density at radius 3 is 2.74 bits per heavy atom. The van der Waals surface area contributed by atoms with Gasteiger partial charge in [0.05, 0.1) is 16.6 Å². The van der Waals surface area contributed by atoms with Crippen LogP contribution in [0.4, 0.5) is 0 Å². The molecule has 1 fully saturated rings. The second-order valence-corrected chi connectivity index (χ2v) is 6.14. The lowest BCUT2D eigenvalue weighted by Crippen LogP contribution is -2.23. The molecule has 2 heterocycles. The van der Waals surface area contributed by atoms with Gasteiger partial charge in [-0.05, 0) is 32.8 Å². The van der Waals surface area contributed by atoms with Crippen LogP contribution in [-0.2, 0) is 16.6 Å². The van der Waals surface area contributed by atoms with Crippen LogP contribution in [0.25, 0.3) is 11.0 Å². The number of rotatable bonds is 5. The van der Waals surface area contributed by atoms with Crippen LogP contribution in [0, 0.1) is 6.92 Å². The first-order valence-corrected chi connectivity index (χ1v) is 8.00. The summed E-state index contributed by atoms with van der Waals surface area (Å²) in [6, 6.07) is 1.81. The summed E-state index contributed by atoms with van der Waals surface area (Å²) < 4.78 is 7.05. The Kier molecular flexibility index (Phi) is 3.92. The number of carbonyl (C=O) groups excluding carboxylic acids is 2. The molecule has 1 saturated carbocycles. The highest BCUT2D eigenvalue weighted by atomic mass is 16.5. The van der Waals surface area contributed by atoms with Gasteiger partial charge in [-0.25, -0.2) is 9.78 Å². The van der Waals surface area contributed by atoms with Gasteiger partial charge in [-0.2, -0.15) is 5.10 Å². The van der Waals surface area contributed by atoms with Gasteiger partial charge in [0, 0.05) is 25.1 Å². The Morgan fingerprint density at radius 1 is 1.43 bits per heavy atom. The first kappa shape index (κ1) is 15.6. The number of hydrogen-bond donors (Lipinski definition) is 0. The Hall–Kier alpha value is -2.24. The summed E-state index contributed by atoms with van der Waals surface area (Å²) in [5, 5.41) is 5.07. The fourth-order valence-electron chi connectivity index (χ4n) is 2.79. The summed E-state index contributed by atoms with van der Waals surface area (Å²) in [4.78, 5) is 29.0. The van der Waals surface area contributed by atoms with E-state index in [9.17, 15) is 9.59 Å². The van der Waals surface area contributed by atoms with Crippen molar-refractivity contribution in [2.45, 2.75) is 52.1 Å². The molecule has 23 heavy (non-hydrogen) atoms. The van der Waals surface area contributed by atoms with Crippen LogP contribution < -0.4 is 0 Å². The average Bonchev–Trinajstić information content (AvgIpc) is 3.33. The number of Topliss-reactive ketones (excluding diaryl/α,β-unsaturated/α-hetero) is 1. The summed E-state index contributed by atoms with van der Waals surface area (Å²) >= 11 is 0. The minimum Gasteiger partial charge on any atom is -0.451 e. The number of aryl methyl sites for hydroxylation is 2. The molecule has 122 valence electrons. The molecular formula is C17H21N3O3. The molecule has 6 heteroatoms. The fraction of sp³-hybridized carbons (Fsp3) is 0.529. The maximum absolute atomic E-state index is 12.6. The van der Waals surface area contributed by atoms with E-state index in [1.807, 2.05) is 14.0 Å². The first-order valence-electron chi connectivity index (χ1n) is 8.00. The van der Waals surface area contributed by atoms with Crippen molar-refractivity contribution >= 4 is 22.8 Å². The number of hydrogen-bond acceptors (Lipinski definition) is 5. The third-order valence-electron chi connectivity index (χ3n) is 4.29. The standard InChI is InChI=1S/C17H21N3O3/c1-5-14(21)10(3)23-17(22)12-8-13(11-6-7-11)18-16-15(12)9(2)19-20(16)4/h8,10-11H,5-7H2,1-4H3/t10-/m1/s1. The van der Waals surface area contributed by atoms with Gasteiger partial charge in [0.2, 0.25) is 0 Å². The van der Waals surface area contributed by atoms with Crippen LogP contribution in [0.3, 0.4) is 0 Å². The molecule has 0 amide bonds. The van der Waals surface area contributed by atoms with Crippen molar-refractivity contribution < 1.29 is 14.3 Å². The highest BCUT2D eigenvalue weighted by molar-refractivity contribution is 6.04. The van der Waals surface area contributed by atoms with E-state index in [0.29, 0.717) is 28.9 Å². The lowest BCUT2D eigenvalue weighted by molar-refractivity contribution is -0.126. The molecule has 0 bridgehead atoms. The fourth-order valence-corrected chi connectivity index (χ4v) is 2.79. The Bertz CT molecular complexity index is 790. The van der Waals surface area contributed by atoms with Crippen LogP contribution in [0.15, 0.2) is 6.07 Å². The molecule has 0 spiro atoms. The lowest BCUT2D eigenvalue weighted by Gasteiger charge is -2.12. The normalized spacial score (nSPS) is 15.7. The van der Waals surface area contributed by atoms with Gasteiger partial charge in [0.25, 0.3) is 0 Å². The summed E-state index contributed by atoms with van der Waals surface area (Å²) in [6.07, 6.45) is 1.79. The van der Waals surface area contributed by atoms with E-state index in [-0.39, 0.29) is 5.78 Å². The van der Waals surface area contributed by atoms with Crippen molar-refractivity contribution in [3.05, 3.63) is 23.0 Å². The van der Waals surface area contributed by atoms with Gasteiger partial charge >= 0.3 is 5.97 Å². The zero-order chi connectivity index (χ0) is 16.7. The van der Waals surface area contributed by atoms with E-state index in [2.05, 4.69) is 10.1 Å². The Labute approximate surface area is 134 Å². The number of fused-ring (bicyclic) bond motifs is 1. The van der Waals surface area contributed by atoms with Gasteiger partial charge in [-0.3, -0.25) is 9.48 Å². The van der Waals surface area contributed by atoms with Gasteiger partial charge in [0.1, 0.15) is 0 Å². The number of aromatic nitrogens is 3. The van der Waals surface area contributed by atoms with Crippen molar-refractivity contribution in [3.63, 3.8) is 0 Å². The van der Waals surface area contributed by atoms with E-state index >= 15 is 0 Å². The van der Waals surface area contributed by atoms with Crippen molar-refractivity contribution in [1.29, 1.82) is 0 Å². The van der Waals surface area contributed by atoms with Gasteiger partial charge in [-0.1, -0.05) is 6.92 Å². The van der Waals surface area contributed by atoms with Gasteiger partial charge in [0.15, 0.2) is 17.5 Å². The molecule has 3 rings (SSSR count). The molecule has 0 unspecified atom stereocenters. The molecule has 2 aromatic rings. The molecule has 1 atom stereocenters. The highest BCUT2D eigenvalue weighted by Crippen LogP contribution is 2.40. The Morgan fingerprint density at radius 2 is 2.13 bits per heavy atom. The minimum atomic E-state index is -0.739. The quantitative estimate of drug-likeness (QED) is 0.793. The summed E-state index contributed by atoms with van der Waals surface area (Å²) in [5.41, 5.74) is 2.78. The van der Waals surface area contributed by atoms with Crippen molar-refractivity contribution in [2.24, 2.45) is 7.05 Å². The highest BCUT2D eigenvalue weighted by Gasteiger charge is 2.29. The number of esters is 1. The summed E-state index contributed by atoms with van der Waals surface area (Å²) in [5.74, 6) is -0.158. The number of pyridine rings is 1. The molecule has 1 aliphatic carbocycles. The number of ether oxygens (including phenoxy) is 1. The number of ketones is 1. The first-order chi connectivity index (χ1) is 10.9. The summed E-state index contributed by atoms with van der Waals surface area (Å²) in [7, 11) is 1.82. The van der Waals surface area contributed by atoms with Crippen molar-refractivity contribution in [3.8, 4) is 0 Å². The summed E-state index contributed by atoms with van der Waals surface area (Å²) in [6.45, 7) is 5.21. The number of nitrogens with zero attached hydrogens (tertiary/aromatic N) is 3. The topological polar surface area (TPSA) is 74.1 Å². The van der Waals surface area contributed by atoms with Gasteiger partial charge in [-0.15, -0.1) is 0 Å². The third kappa shape index (κ3) is 2.85. The van der Waals surface area contributed by atoms with Crippen LogP contribution in [0.2, 0.25) is 0 Å². The van der Waals surface area contributed by atoms with Crippen LogP contribution in [0.5, 0.6) is 0 Å². The molecule has 1 aliphatic rings. The largest absolute Gasteiger partial charge is 0.451 e. The minimum absolute atomic E-state index is 0.0889.